The number of halogens is 2. The normalized spacial score (nSPS) is 16.9. The number of hydrogen-bond acceptors (Lipinski definition) is 4. The first-order valence-electron chi connectivity index (χ1n) is 10.1. The summed E-state index contributed by atoms with van der Waals surface area (Å²) in [7, 11) is 0. The molecule has 0 fully saturated rings. The third-order valence-corrected chi connectivity index (χ3v) is 6.29. The molecule has 6 nitrogen and oxygen atoms in total. The van der Waals surface area contributed by atoms with Crippen molar-refractivity contribution < 1.29 is 9.59 Å². The van der Waals surface area contributed by atoms with Gasteiger partial charge in [-0.2, -0.15) is 0 Å². The quantitative estimate of drug-likeness (QED) is 0.572. The van der Waals surface area contributed by atoms with E-state index < -0.39 is 12.1 Å². The number of hydrogen-bond donors (Lipinski definition) is 2. The molecule has 0 aliphatic carbocycles. The fraction of sp³-hybridized carbons (Fsp3) is 0.125. The van der Waals surface area contributed by atoms with Crippen LogP contribution in [0.15, 0.2) is 65.7 Å². The molecule has 5 rings (SSSR count). The number of carbonyl (C=O) groups is 2. The van der Waals surface area contributed by atoms with Gasteiger partial charge in [-0.1, -0.05) is 71.7 Å². The van der Waals surface area contributed by atoms with Crippen molar-refractivity contribution in [1.82, 2.24) is 5.32 Å². The molecule has 0 radical (unpaired) electrons. The van der Waals surface area contributed by atoms with E-state index in [2.05, 4.69) is 5.32 Å². The predicted molar refractivity (Wildman–Crippen MR) is 127 cm³/mol. The maximum atomic E-state index is 13.4. The van der Waals surface area contributed by atoms with E-state index in [4.69, 9.17) is 33.9 Å². The SMILES string of the molecule is Nc1c(Cl)cc(C(=O)NC2N=C(c3ccccc3)c3cccc4c3N(CC4)C2=O)cc1Cl. The van der Waals surface area contributed by atoms with E-state index in [9.17, 15) is 9.59 Å². The standard InChI is InChI=1S/C24H18Cl2N4O2/c25-17-11-15(12-18(26)19(17)27)23(31)29-22-24(32)30-10-9-14-7-4-8-16(21(14)30)20(28-22)13-5-2-1-3-6-13/h1-8,11-12,22H,9-10,27H2,(H,29,31). The number of rotatable bonds is 3. The van der Waals surface area contributed by atoms with Crippen LogP contribution in [0.3, 0.4) is 0 Å². The van der Waals surface area contributed by atoms with Crippen molar-refractivity contribution >= 4 is 52.1 Å². The third-order valence-electron chi connectivity index (χ3n) is 5.66. The Kier molecular flexibility index (Phi) is 5.12. The molecule has 3 aromatic rings. The number of nitrogens with zero attached hydrogens (tertiary/aromatic N) is 2. The lowest BCUT2D eigenvalue weighted by atomic mass is 9.98. The van der Waals surface area contributed by atoms with Crippen LogP contribution in [-0.2, 0) is 11.2 Å². The van der Waals surface area contributed by atoms with Gasteiger partial charge in [0.25, 0.3) is 11.8 Å². The highest BCUT2D eigenvalue weighted by Crippen LogP contribution is 2.36. The first-order chi connectivity index (χ1) is 15.4. The van der Waals surface area contributed by atoms with Crippen molar-refractivity contribution in [3.63, 3.8) is 0 Å². The lowest BCUT2D eigenvalue weighted by molar-refractivity contribution is -0.120. The molecule has 1 unspecified atom stereocenters. The summed E-state index contributed by atoms with van der Waals surface area (Å²) in [6.07, 6.45) is -0.355. The number of carbonyl (C=O) groups excluding carboxylic acids is 2. The average Bonchev–Trinajstić information content (AvgIpc) is 3.19. The average molecular weight is 465 g/mol. The lowest BCUT2D eigenvalue weighted by Crippen LogP contribution is -2.47. The molecule has 0 saturated carbocycles. The molecule has 0 saturated heterocycles. The van der Waals surface area contributed by atoms with Crippen LogP contribution in [-0.4, -0.2) is 30.2 Å². The van der Waals surface area contributed by atoms with Gasteiger partial charge in [0.15, 0.2) is 0 Å². The summed E-state index contributed by atoms with van der Waals surface area (Å²) in [5, 5.41) is 3.08. The first kappa shape index (κ1) is 20.5. The summed E-state index contributed by atoms with van der Waals surface area (Å²) in [5.74, 6) is -0.809. The Morgan fingerprint density at radius 1 is 1.06 bits per heavy atom. The van der Waals surface area contributed by atoms with E-state index in [0.717, 1.165) is 28.8 Å². The topological polar surface area (TPSA) is 87.8 Å². The Balaban J connectivity index is 1.59. The summed E-state index contributed by atoms with van der Waals surface area (Å²) in [5.41, 5.74) is 10.5. The minimum atomic E-state index is -1.11. The van der Waals surface area contributed by atoms with Crippen molar-refractivity contribution in [2.24, 2.45) is 4.99 Å². The minimum absolute atomic E-state index is 0.167. The summed E-state index contributed by atoms with van der Waals surface area (Å²) in [6.45, 7) is 0.536. The van der Waals surface area contributed by atoms with Gasteiger partial charge < -0.3 is 16.0 Å². The molecule has 160 valence electrons. The Bertz CT molecular complexity index is 1270. The molecule has 2 aliphatic heterocycles. The predicted octanol–water partition coefficient (Wildman–Crippen LogP) is 4.07. The van der Waals surface area contributed by atoms with Gasteiger partial charge in [0.05, 0.1) is 27.1 Å². The monoisotopic (exact) mass is 464 g/mol. The highest BCUT2D eigenvalue weighted by atomic mass is 35.5. The van der Waals surface area contributed by atoms with Crippen LogP contribution in [0.2, 0.25) is 10.0 Å². The molecule has 8 heteroatoms. The van der Waals surface area contributed by atoms with Crippen LogP contribution in [0.4, 0.5) is 11.4 Å². The van der Waals surface area contributed by atoms with Gasteiger partial charge in [0, 0.05) is 23.2 Å². The summed E-state index contributed by atoms with van der Waals surface area (Å²) >= 11 is 12.2. The van der Waals surface area contributed by atoms with E-state index in [0.29, 0.717) is 12.3 Å². The molecule has 32 heavy (non-hydrogen) atoms. The van der Waals surface area contributed by atoms with Crippen LogP contribution >= 0.6 is 23.2 Å². The van der Waals surface area contributed by atoms with Gasteiger partial charge in [0.1, 0.15) is 0 Å². The van der Waals surface area contributed by atoms with Crippen molar-refractivity contribution in [3.05, 3.63) is 93.0 Å². The molecule has 0 aromatic heterocycles. The number of benzene rings is 3. The Morgan fingerprint density at radius 2 is 1.78 bits per heavy atom. The van der Waals surface area contributed by atoms with Crippen LogP contribution in [0.25, 0.3) is 0 Å². The number of amides is 2. The van der Waals surface area contributed by atoms with Crippen LogP contribution in [0.5, 0.6) is 0 Å². The van der Waals surface area contributed by atoms with Crippen molar-refractivity contribution in [2.75, 3.05) is 17.2 Å². The highest BCUT2D eigenvalue weighted by molar-refractivity contribution is 6.39. The van der Waals surface area contributed by atoms with Gasteiger partial charge in [-0.15, -0.1) is 0 Å². The summed E-state index contributed by atoms with van der Waals surface area (Å²) in [4.78, 5) is 32.9. The summed E-state index contributed by atoms with van der Waals surface area (Å²) < 4.78 is 0. The van der Waals surface area contributed by atoms with Crippen LogP contribution in [0, 0.1) is 0 Å². The van der Waals surface area contributed by atoms with E-state index >= 15 is 0 Å². The van der Waals surface area contributed by atoms with E-state index in [1.165, 1.54) is 12.1 Å². The van der Waals surface area contributed by atoms with E-state index in [-0.39, 0.29) is 27.2 Å². The molecule has 3 N–H and O–H groups in total. The van der Waals surface area contributed by atoms with Gasteiger partial charge >= 0.3 is 0 Å². The van der Waals surface area contributed by atoms with Crippen molar-refractivity contribution in [2.45, 2.75) is 12.6 Å². The molecule has 0 bridgehead atoms. The smallest absolute Gasteiger partial charge is 0.272 e. The van der Waals surface area contributed by atoms with E-state index in [1.807, 2.05) is 48.5 Å². The van der Waals surface area contributed by atoms with Gasteiger partial charge in [0.2, 0.25) is 6.17 Å². The minimum Gasteiger partial charge on any atom is -0.396 e. The van der Waals surface area contributed by atoms with Crippen LogP contribution in [0.1, 0.15) is 27.0 Å². The second-order valence-corrected chi connectivity index (χ2v) is 8.44. The summed E-state index contributed by atoms with van der Waals surface area (Å²) in [6, 6.07) is 18.4. The number of nitrogens with two attached hydrogens (primary N) is 1. The zero-order valence-electron chi connectivity index (χ0n) is 16.8. The fourth-order valence-corrected chi connectivity index (χ4v) is 4.60. The highest BCUT2D eigenvalue weighted by Gasteiger charge is 2.37. The molecule has 1 atom stereocenters. The van der Waals surface area contributed by atoms with Crippen molar-refractivity contribution in [3.8, 4) is 0 Å². The molecule has 2 aliphatic rings. The number of para-hydroxylation sites is 1. The number of nitrogen functional groups attached to an aromatic ring is 1. The second-order valence-electron chi connectivity index (χ2n) is 7.63. The maximum absolute atomic E-state index is 13.4. The van der Waals surface area contributed by atoms with Crippen molar-refractivity contribution in [1.29, 1.82) is 0 Å². The zero-order valence-corrected chi connectivity index (χ0v) is 18.3. The molecule has 3 aromatic carbocycles. The zero-order chi connectivity index (χ0) is 22.4. The van der Waals surface area contributed by atoms with Gasteiger partial charge in [-0.25, -0.2) is 4.99 Å². The molecule has 2 heterocycles. The molecule has 2 amide bonds. The van der Waals surface area contributed by atoms with Gasteiger partial charge in [-0.05, 0) is 24.1 Å². The second kappa shape index (κ2) is 7.97. The molecular weight excluding hydrogens is 447 g/mol. The lowest BCUT2D eigenvalue weighted by Gasteiger charge is -2.21. The number of nitrogens with one attached hydrogen (secondary N) is 1. The number of anilines is 2. The van der Waals surface area contributed by atoms with Crippen LogP contribution < -0.4 is 16.0 Å². The first-order valence-corrected chi connectivity index (χ1v) is 10.8. The fourth-order valence-electron chi connectivity index (χ4n) is 4.11. The largest absolute Gasteiger partial charge is 0.396 e. The van der Waals surface area contributed by atoms with Gasteiger partial charge in [-0.3, -0.25) is 9.59 Å². The van der Waals surface area contributed by atoms with E-state index in [1.54, 1.807) is 4.90 Å². The Hall–Kier alpha value is -3.35. The third kappa shape index (κ3) is 3.42. The Labute approximate surface area is 194 Å². The maximum Gasteiger partial charge on any atom is 0.272 e. The Morgan fingerprint density at radius 3 is 2.50 bits per heavy atom. The number of aliphatic imine (C=N–C) groups is 1. The molecular formula is C24H18Cl2N4O2. The molecule has 0 spiro atoms.